The number of likely N-dealkylation sites (tertiary alicyclic amines) is 1. The van der Waals surface area contributed by atoms with Crippen molar-refractivity contribution in [3.05, 3.63) is 18.1 Å². The van der Waals surface area contributed by atoms with Crippen LogP contribution in [0.4, 0.5) is 5.82 Å². The van der Waals surface area contributed by atoms with Gasteiger partial charge in [-0.1, -0.05) is 19.3 Å². The highest BCUT2D eigenvalue weighted by molar-refractivity contribution is 5.92. The van der Waals surface area contributed by atoms with Gasteiger partial charge in [0.25, 0.3) is 5.91 Å². The van der Waals surface area contributed by atoms with E-state index in [2.05, 4.69) is 9.97 Å². The topological polar surface area (TPSA) is 72.1 Å². The molecule has 1 amide bonds. The minimum absolute atomic E-state index is 0.0283. The molecule has 1 aromatic rings. The third kappa shape index (κ3) is 3.15. The van der Waals surface area contributed by atoms with Gasteiger partial charge in [0.05, 0.1) is 12.4 Å². The van der Waals surface area contributed by atoms with Crippen molar-refractivity contribution in [2.24, 2.45) is 0 Å². The summed E-state index contributed by atoms with van der Waals surface area (Å²) in [5, 5.41) is 0. The van der Waals surface area contributed by atoms with Crippen LogP contribution in [-0.2, 0) is 0 Å². The van der Waals surface area contributed by atoms with Crippen LogP contribution in [0.5, 0.6) is 0 Å². The molecule has 0 radical (unpaired) electrons. The second-order valence-corrected chi connectivity index (χ2v) is 4.39. The molecule has 1 aromatic heterocycles. The van der Waals surface area contributed by atoms with E-state index in [0.717, 1.165) is 25.9 Å². The van der Waals surface area contributed by atoms with E-state index in [1.54, 1.807) is 0 Å². The predicted octanol–water partition coefficient (Wildman–Crippen LogP) is 1.47. The Kier molecular flexibility index (Phi) is 3.90. The summed E-state index contributed by atoms with van der Waals surface area (Å²) in [6.45, 7) is 1.65. The Hall–Kier alpha value is -1.65. The summed E-state index contributed by atoms with van der Waals surface area (Å²) in [6.07, 6.45) is 8.73. The number of nitrogen functional groups attached to an aromatic ring is 1. The normalized spacial score (nSPS) is 17.3. The monoisotopic (exact) mass is 234 g/mol. The largest absolute Gasteiger partial charge is 0.382 e. The van der Waals surface area contributed by atoms with Gasteiger partial charge in [-0.2, -0.15) is 0 Å². The van der Waals surface area contributed by atoms with Gasteiger partial charge in [0.2, 0.25) is 0 Å². The molecule has 1 fully saturated rings. The SMILES string of the molecule is Nc1cnc(C(=O)N2CCCCCCC2)cn1. The molecular formula is C12H18N4O. The summed E-state index contributed by atoms with van der Waals surface area (Å²) >= 11 is 0. The van der Waals surface area contributed by atoms with Gasteiger partial charge >= 0.3 is 0 Å². The van der Waals surface area contributed by atoms with Crippen molar-refractivity contribution in [3.63, 3.8) is 0 Å². The molecule has 2 rings (SSSR count). The van der Waals surface area contributed by atoms with Gasteiger partial charge in [-0.25, -0.2) is 9.97 Å². The molecule has 5 nitrogen and oxygen atoms in total. The lowest BCUT2D eigenvalue weighted by Gasteiger charge is -2.24. The molecule has 0 atom stereocenters. The molecule has 2 N–H and O–H groups in total. The first-order valence-corrected chi connectivity index (χ1v) is 6.14. The van der Waals surface area contributed by atoms with Gasteiger partial charge in [-0.3, -0.25) is 4.79 Å². The zero-order chi connectivity index (χ0) is 12.1. The number of nitrogens with zero attached hydrogens (tertiary/aromatic N) is 3. The maximum absolute atomic E-state index is 12.2. The van der Waals surface area contributed by atoms with Crippen molar-refractivity contribution in [3.8, 4) is 0 Å². The molecule has 0 aliphatic carbocycles. The lowest BCUT2D eigenvalue weighted by atomic mass is 10.1. The second-order valence-electron chi connectivity index (χ2n) is 4.39. The molecular weight excluding hydrogens is 216 g/mol. The van der Waals surface area contributed by atoms with E-state index >= 15 is 0 Å². The number of rotatable bonds is 1. The van der Waals surface area contributed by atoms with Crippen LogP contribution in [0.3, 0.4) is 0 Å². The Morgan fingerprint density at radius 1 is 1.06 bits per heavy atom. The quantitative estimate of drug-likeness (QED) is 0.798. The number of amides is 1. The minimum Gasteiger partial charge on any atom is -0.382 e. The van der Waals surface area contributed by atoms with E-state index in [0.29, 0.717) is 11.5 Å². The van der Waals surface area contributed by atoms with Crippen molar-refractivity contribution >= 4 is 11.7 Å². The highest BCUT2D eigenvalue weighted by atomic mass is 16.2. The molecule has 2 heterocycles. The van der Waals surface area contributed by atoms with Gasteiger partial charge in [-0.15, -0.1) is 0 Å². The predicted molar refractivity (Wildman–Crippen MR) is 65.4 cm³/mol. The molecule has 1 aliphatic heterocycles. The molecule has 0 bridgehead atoms. The van der Waals surface area contributed by atoms with Crippen LogP contribution in [0.15, 0.2) is 12.4 Å². The molecule has 0 spiro atoms. The Balaban J connectivity index is 2.04. The maximum atomic E-state index is 12.2. The average molecular weight is 234 g/mol. The maximum Gasteiger partial charge on any atom is 0.274 e. The van der Waals surface area contributed by atoms with Crippen LogP contribution in [-0.4, -0.2) is 33.9 Å². The number of carbonyl (C=O) groups is 1. The van der Waals surface area contributed by atoms with Gasteiger partial charge in [0, 0.05) is 13.1 Å². The number of hydrogen-bond donors (Lipinski definition) is 1. The van der Waals surface area contributed by atoms with Crippen LogP contribution < -0.4 is 5.73 Å². The standard InChI is InChI=1S/C12H18N4O/c13-11-9-14-10(8-15-11)12(17)16-6-4-2-1-3-5-7-16/h8-9H,1-7H2,(H2,13,15). The number of aromatic nitrogens is 2. The zero-order valence-corrected chi connectivity index (χ0v) is 9.93. The Morgan fingerprint density at radius 3 is 2.29 bits per heavy atom. The fourth-order valence-corrected chi connectivity index (χ4v) is 2.06. The molecule has 17 heavy (non-hydrogen) atoms. The zero-order valence-electron chi connectivity index (χ0n) is 9.93. The van der Waals surface area contributed by atoms with Crippen LogP contribution in [0, 0.1) is 0 Å². The van der Waals surface area contributed by atoms with Gasteiger partial charge in [-0.05, 0) is 12.8 Å². The Bertz CT molecular complexity index is 369. The van der Waals surface area contributed by atoms with Gasteiger partial charge < -0.3 is 10.6 Å². The van der Waals surface area contributed by atoms with Crippen molar-refractivity contribution < 1.29 is 4.79 Å². The lowest BCUT2D eigenvalue weighted by Crippen LogP contribution is -2.34. The number of hydrogen-bond acceptors (Lipinski definition) is 4. The summed E-state index contributed by atoms with van der Waals surface area (Å²) in [7, 11) is 0. The second kappa shape index (κ2) is 5.61. The van der Waals surface area contributed by atoms with Crippen molar-refractivity contribution in [2.75, 3.05) is 18.8 Å². The summed E-state index contributed by atoms with van der Waals surface area (Å²) in [5.41, 5.74) is 5.84. The van der Waals surface area contributed by atoms with Crippen LogP contribution in [0.1, 0.15) is 42.6 Å². The molecule has 0 unspecified atom stereocenters. The van der Waals surface area contributed by atoms with E-state index in [9.17, 15) is 4.79 Å². The summed E-state index contributed by atoms with van der Waals surface area (Å²) in [4.78, 5) is 22.0. The number of carbonyl (C=O) groups excluding carboxylic acids is 1. The summed E-state index contributed by atoms with van der Waals surface area (Å²) < 4.78 is 0. The summed E-state index contributed by atoms with van der Waals surface area (Å²) in [6, 6.07) is 0. The van der Waals surface area contributed by atoms with Gasteiger partial charge in [0.1, 0.15) is 11.5 Å². The molecule has 0 aromatic carbocycles. The minimum atomic E-state index is -0.0283. The van der Waals surface area contributed by atoms with Crippen molar-refractivity contribution in [1.29, 1.82) is 0 Å². The smallest absolute Gasteiger partial charge is 0.274 e. The van der Waals surface area contributed by atoms with Crippen LogP contribution in [0.25, 0.3) is 0 Å². The summed E-state index contributed by atoms with van der Waals surface area (Å²) in [5.74, 6) is 0.314. The van der Waals surface area contributed by atoms with Crippen LogP contribution in [0.2, 0.25) is 0 Å². The van der Waals surface area contributed by atoms with Gasteiger partial charge in [0.15, 0.2) is 0 Å². The van der Waals surface area contributed by atoms with E-state index in [4.69, 9.17) is 5.73 Å². The fourth-order valence-electron chi connectivity index (χ4n) is 2.06. The highest BCUT2D eigenvalue weighted by Crippen LogP contribution is 2.12. The number of anilines is 1. The third-order valence-electron chi connectivity index (χ3n) is 3.03. The van der Waals surface area contributed by atoms with Crippen molar-refractivity contribution in [1.82, 2.24) is 14.9 Å². The van der Waals surface area contributed by atoms with E-state index in [-0.39, 0.29) is 5.91 Å². The highest BCUT2D eigenvalue weighted by Gasteiger charge is 2.17. The first-order chi connectivity index (χ1) is 8.27. The fraction of sp³-hybridized carbons (Fsp3) is 0.583. The molecule has 5 heteroatoms. The number of nitrogens with two attached hydrogens (primary N) is 1. The van der Waals surface area contributed by atoms with E-state index < -0.39 is 0 Å². The molecule has 92 valence electrons. The first-order valence-electron chi connectivity index (χ1n) is 6.14. The average Bonchev–Trinajstić information content (AvgIpc) is 2.29. The van der Waals surface area contributed by atoms with Crippen molar-refractivity contribution in [2.45, 2.75) is 32.1 Å². The lowest BCUT2D eigenvalue weighted by molar-refractivity contribution is 0.0736. The Labute approximate surface area is 101 Å². The third-order valence-corrected chi connectivity index (χ3v) is 3.03. The molecule has 1 saturated heterocycles. The first kappa shape index (κ1) is 11.8. The van der Waals surface area contributed by atoms with Crippen LogP contribution >= 0.6 is 0 Å². The molecule has 0 saturated carbocycles. The molecule has 1 aliphatic rings. The van der Waals surface area contributed by atoms with E-state index in [1.165, 1.54) is 31.7 Å². The Morgan fingerprint density at radius 2 is 1.71 bits per heavy atom. The van der Waals surface area contributed by atoms with E-state index in [1.807, 2.05) is 4.90 Å².